The quantitative estimate of drug-likeness (QED) is 0.487. The topological polar surface area (TPSA) is 68.4 Å². The van der Waals surface area contributed by atoms with Gasteiger partial charge in [0.05, 0.1) is 10.2 Å². The summed E-state index contributed by atoms with van der Waals surface area (Å²) in [6, 6.07) is 13.5. The minimum atomic E-state index is -0.631. The molecule has 0 bridgehead atoms. The number of thiophene rings is 1. The van der Waals surface area contributed by atoms with E-state index in [1.54, 1.807) is 11.3 Å². The van der Waals surface area contributed by atoms with Crippen molar-refractivity contribution in [2.75, 3.05) is 0 Å². The number of aryl methyl sites for hydroxylation is 2. The third-order valence-corrected chi connectivity index (χ3v) is 6.36. The van der Waals surface area contributed by atoms with Gasteiger partial charge in [-0.05, 0) is 56.2 Å². The molecule has 0 saturated heterocycles. The Kier molecular flexibility index (Phi) is 5.72. The molecule has 0 aliphatic heterocycles. The van der Waals surface area contributed by atoms with Crippen LogP contribution in [0.2, 0.25) is 0 Å². The summed E-state index contributed by atoms with van der Waals surface area (Å²) in [5.41, 5.74) is 2.56. The molecule has 3 heterocycles. The highest BCUT2D eigenvalue weighted by molar-refractivity contribution is 7.17. The van der Waals surface area contributed by atoms with Crippen molar-refractivity contribution in [3.63, 3.8) is 0 Å². The Balaban J connectivity index is 1.55. The molecule has 1 N–H and O–H groups in total. The summed E-state index contributed by atoms with van der Waals surface area (Å²) in [7, 11) is 0. The van der Waals surface area contributed by atoms with Gasteiger partial charge in [0, 0.05) is 6.04 Å². The predicted octanol–water partition coefficient (Wildman–Crippen LogP) is 4.11. The zero-order valence-electron chi connectivity index (χ0n) is 17.5. The van der Waals surface area contributed by atoms with E-state index in [2.05, 4.69) is 22.5 Å². The van der Waals surface area contributed by atoms with Gasteiger partial charge in [-0.2, -0.15) is 5.10 Å². The van der Waals surface area contributed by atoms with E-state index < -0.39 is 6.04 Å². The van der Waals surface area contributed by atoms with Crippen LogP contribution in [0.5, 0.6) is 0 Å². The molecule has 0 aliphatic carbocycles. The second-order valence-corrected chi connectivity index (χ2v) is 8.64. The first-order valence-corrected chi connectivity index (χ1v) is 11.2. The number of nitrogens with one attached hydrogen (secondary N) is 1. The molecular weight excluding hydrogens is 396 g/mol. The van der Waals surface area contributed by atoms with Crippen LogP contribution < -0.4 is 10.9 Å². The average Bonchev–Trinajstić information content (AvgIpc) is 3.33. The molecule has 4 aromatic rings. The van der Waals surface area contributed by atoms with Crippen LogP contribution in [0.3, 0.4) is 0 Å². The van der Waals surface area contributed by atoms with E-state index in [1.807, 2.05) is 60.9 Å². The summed E-state index contributed by atoms with van der Waals surface area (Å²) >= 11 is 1.59. The van der Waals surface area contributed by atoms with Crippen LogP contribution in [0.1, 0.15) is 44.1 Å². The monoisotopic (exact) mass is 422 g/mol. The molecule has 3 aromatic heterocycles. The number of rotatable bonds is 7. The Hall–Kier alpha value is -2.93. The fourth-order valence-corrected chi connectivity index (χ4v) is 4.72. The maximum Gasteiger partial charge on any atom is 0.291 e. The number of amides is 1. The Bertz CT molecular complexity index is 1240. The molecule has 1 amide bonds. The third kappa shape index (κ3) is 3.77. The largest absolute Gasteiger partial charge is 0.352 e. The highest BCUT2D eigenvalue weighted by atomic mass is 32.1. The minimum absolute atomic E-state index is 0.00549. The van der Waals surface area contributed by atoms with E-state index in [4.69, 9.17) is 0 Å². The molecule has 6 nitrogen and oxygen atoms in total. The van der Waals surface area contributed by atoms with Crippen LogP contribution in [0.25, 0.3) is 15.7 Å². The number of carbonyl (C=O) groups excluding carboxylic acids is 1. The summed E-state index contributed by atoms with van der Waals surface area (Å²) in [6.07, 6.45) is 2.22. The van der Waals surface area contributed by atoms with Gasteiger partial charge < -0.3 is 5.32 Å². The van der Waals surface area contributed by atoms with Crippen molar-refractivity contribution >= 4 is 33.0 Å². The third-order valence-electron chi connectivity index (χ3n) is 5.51. The zero-order valence-corrected chi connectivity index (χ0v) is 18.3. The first kappa shape index (κ1) is 20.3. The number of hydrogen-bond acceptors (Lipinski definition) is 4. The Morgan fingerprint density at radius 2 is 1.97 bits per heavy atom. The van der Waals surface area contributed by atoms with Crippen LogP contribution in [0.4, 0.5) is 0 Å². The molecule has 0 unspecified atom stereocenters. The van der Waals surface area contributed by atoms with Gasteiger partial charge in [0.1, 0.15) is 17.4 Å². The van der Waals surface area contributed by atoms with E-state index in [0.29, 0.717) is 17.8 Å². The fraction of sp³-hybridized carbons (Fsp3) is 0.348. The van der Waals surface area contributed by atoms with Gasteiger partial charge in [-0.15, -0.1) is 11.3 Å². The molecule has 0 spiro atoms. The summed E-state index contributed by atoms with van der Waals surface area (Å²) in [4.78, 5) is 26.2. The summed E-state index contributed by atoms with van der Waals surface area (Å²) < 4.78 is 4.27. The van der Waals surface area contributed by atoms with Crippen LogP contribution in [-0.2, 0) is 11.2 Å². The minimum Gasteiger partial charge on any atom is -0.352 e. The molecule has 0 saturated carbocycles. The van der Waals surface area contributed by atoms with Crippen LogP contribution in [-0.4, -0.2) is 26.1 Å². The molecular formula is C23H26N4O2S. The van der Waals surface area contributed by atoms with E-state index in [1.165, 1.54) is 10.2 Å². The lowest BCUT2D eigenvalue weighted by molar-refractivity contribution is -0.125. The molecule has 0 radical (unpaired) electrons. The Labute approximate surface area is 179 Å². The van der Waals surface area contributed by atoms with Crippen molar-refractivity contribution in [3.8, 4) is 0 Å². The first-order chi connectivity index (χ1) is 14.5. The van der Waals surface area contributed by atoms with Gasteiger partial charge in [0.25, 0.3) is 5.56 Å². The van der Waals surface area contributed by atoms with Crippen molar-refractivity contribution in [2.45, 2.75) is 52.1 Å². The molecule has 0 fully saturated rings. The molecule has 4 rings (SSSR count). The molecule has 7 heteroatoms. The second kappa shape index (κ2) is 8.44. The number of aromatic nitrogens is 3. The number of fused-ring (bicyclic) bond motifs is 3. The standard InChI is InChI=1S/C23H26N4O2S/c1-4-18(22(28)24-15(2)10-11-17-8-6-5-7-9-17)27-23(29)20-14-21-19(12-13-30-21)26(20)16(3)25-27/h5-9,12-15,18H,4,10-11H2,1-3H3,(H,24,28)/t15-,18+/m0/s1. The van der Waals surface area contributed by atoms with E-state index >= 15 is 0 Å². The second-order valence-electron chi connectivity index (χ2n) is 7.69. The van der Waals surface area contributed by atoms with Gasteiger partial charge >= 0.3 is 0 Å². The van der Waals surface area contributed by atoms with Crippen LogP contribution in [0.15, 0.2) is 52.6 Å². The summed E-state index contributed by atoms with van der Waals surface area (Å²) in [5.74, 6) is 0.533. The lowest BCUT2D eigenvalue weighted by atomic mass is 10.1. The van der Waals surface area contributed by atoms with Crippen molar-refractivity contribution in [3.05, 3.63) is 69.6 Å². The normalized spacial score (nSPS) is 13.6. The van der Waals surface area contributed by atoms with E-state index in [0.717, 1.165) is 23.1 Å². The lowest BCUT2D eigenvalue weighted by Crippen LogP contribution is -2.42. The smallest absolute Gasteiger partial charge is 0.291 e. The molecule has 0 aliphatic rings. The summed E-state index contributed by atoms with van der Waals surface area (Å²) in [5, 5.41) is 9.58. The Morgan fingerprint density at radius 1 is 1.20 bits per heavy atom. The van der Waals surface area contributed by atoms with Crippen molar-refractivity contribution in [1.29, 1.82) is 0 Å². The number of benzene rings is 1. The maximum atomic E-state index is 13.2. The SMILES string of the molecule is CC[C@H](C(=O)N[C@@H](C)CCc1ccccc1)n1nc(C)n2c(cc3sccc32)c1=O. The number of carbonyl (C=O) groups is 1. The number of nitrogens with zero attached hydrogens (tertiary/aromatic N) is 3. The Morgan fingerprint density at radius 3 is 2.70 bits per heavy atom. The van der Waals surface area contributed by atoms with E-state index in [-0.39, 0.29) is 17.5 Å². The molecule has 156 valence electrons. The van der Waals surface area contributed by atoms with Gasteiger partial charge in [-0.1, -0.05) is 37.3 Å². The summed E-state index contributed by atoms with van der Waals surface area (Å²) in [6.45, 7) is 5.77. The van der Waals surface area contributed by atoms with Gasteiger partial charge in [0.2, 0.25) is 5.91 Å². The highest BCUT2D eigenvalue weighted by Gasteiger charge is 2.24. The predicted molar refractivity (Wildman–Crippen MR) is 121 cm³/mol. The van der Waals surface area contributed by atoms with Gasteiger partial charge in [-0.3, -0.25) is 14.0 Å². The zero-order chi connectivity index (χ0) is 21.3. The van der Waals surface area contributed by atoms with Crippen LogP contribution >= 0.6 is 11.3 Å². The van der Waals surface area contributed by atoms with Crippen molar-refractivity contribution in [1.82, 2.24) is 19.5 Å². The van der Waals surface area contributed by atoms with Crippen molar-refractivity contribution < 1.29 is 4.79 Å². The molecule has 2 atom stereocenters. The lowest BCUT2D eigenvalue weighted by Gasteiger charge is -2.21. The molecule has 30 heavy (non-hydrogen) atoms. The van der Waals surface area contributed by atoms with Crippen molar-refractivity contribution in [2.24, 2.45) is 0 Å². The van der Waals surface area contributed by atoms with Gasteiger partial charge in [-0.25, -0.2) is 4.68 Å². The average molecular weight is 423 g/mol. The number of hydrogen-bond donors (Lipinski definition) is 1. The first-order valence-electron chi connectivity index (χ1n) is 10.3. The van der Waals surface area contributed by atoms with E-state index in [9.17, 15) is 9.59 Å². The molecule has 1 aromatic carbocycles. The maximum absolute atomic E-state index is 13.2. The fourth-order valence-electron chi connectivity index (χ4n) is 3.91. The highest BCUT2D eigenvalue weighted by Crippen LogP contribution is 2.25. The van der Waals surface area contributed by atoms with Gasteiger partial charge in [0.15, 0.2) is 0 Å². The van der Waals surface area contributed by atoms with Crippen LogP contribution in [0, 0.1) is 6.92 Å².